The topological polar surface area (TPSA) is 124 Å². The minimum atomic E-state index is -0.318. The van der Waals surface area contributed by atoms with Gasteiger partial charge in [0, 0.05) is 30.4 Å². The van der Waals surface area contributed by atoms with E-state index in [0.717, 1.165) is 61.0 Å². The van der Waals surface area contributed by atoms with E-state index >= 15 is 0 Å². The SMILES string of the molecule is Cn1cc(Nc2nccc(-c3ccc4c(c3)CCCC[C@@H]4NC(=O)c3nnc(C4(C)CC4)o3)n2)cn1. The van der Waals surface area contributed by atoms with Gasteiger partial charge in [0.2, 0.25) is 11.8 Å². The molecule has 2 aliphatic rings. The summed E-state index contributed by atoms with van der Waals surface area (Å²) >= 11 is 0. The Kier molecular flexibility index (Phi) is 5.50. The van der Waals surface area contributed by atoms with Crippen molar-refractivity contribution >= 4 is 17.5 Å². The number of hydrogen-bond acceptors (Lipinski definition) is 8. The Morgan fingerprint density at radius 2 is 2.08 bits per heavy atom. The van der Waals surface area contributed by atoms with Gasteiger partial charge in [-0.15, -0.1) is 10.2 Å². The Labute approximate surface area is 208 Å². The smallest absolute Gasteiger partial charge is 0.309 e. The second-order valence-corrected chi connectivity index (χ2v) is 9.95. The maximum absolute atomic E-state index is 12.9. The maximum Gasteiger partial charge on any atom is 0.309 e. The summed E-state index contributed by atoms with van der Waals surface area (Å²) in [6.07, 6.45) is 11.3. The first-order valence-corrected chi connectivity index (χ1v) is 12.3. The molecule has 36 heavy (non-hydrogen) atoms. The summed E-state index contributed by atoms with van der Waals surface area (Å²) in [5.41, 5.74) is 4.95. The molecule has 1 atom stereocenters. The van der Waals surface area contributed by atoms with E-state index in [4.69, 9.17) is 9.40 Å². The van der Waals surface area contributed by atoms with E-state index < -0.39 is 0 Å². The molecule has 0 bridgehead atoms. The first-order chi connectivity index (χ1) is 17.5. The quantitative estimate of drug-likeness (QED) is 0.389. The van der Waals surface area contributed by atoms with Gasteiger partial charge in [-0.05, 0) is 55.4 Å². The number of fused-ring (bicyclic) bond motifs is 1. The summed E-state index contributed by atoms with van der Waals surface area (Å²) in [5.74, 6) is 0.789. The zero-order valence-electron chi connectivity index (χ0n) is 20.4. The van der Waals surface area contributed by atoms with Gasteiger partial charge < -0.3 is 15.1 Å². The molecule has 0 saturated heterocycles. The van der Waals surface area contributed by atoms with Crippen molar-refractivity contribution < 1.29 is 9.21 Å². The van der Waals surface area contributed by atoms with Crippen molar-refractivity contribution in [2.75, 3.05) is 5.32 Å². The number of carbonyl (C=O) groups is 1. The van der Waals surface area contributed by atoms with E-state index in [-0.39, 0.29) is 23.3 Å². The van der Waals surface area contributed by atoms with Crippen molar-refractivity contribution in [3.8, 4) is 11.3 Å². The van der Waals surface area contributed by atoms with Gasteiger partial charge in [0.15, 0.2) is 0 Å². The minimum Gasteiger partial charge on any atom is -0.416 e. The predicted octanol–water partition coefficient (Wildman–Crippen LogP) is 4.25. The lowest BCUT2D eigenvalue weighted by molar-refractivity contribution is 0.0896. The molecule has 4 aromatic rings. The molecule has 1 aromatic carbocycles. The molecule has 1 amide bonds. The number of hydrogen-bond donors (Lipinski definition) is 2. The Hall–Kier alpha value is -4.08. The van der Waals surface area contributed by atoms with Crippen LogP contribution in [0.2, 0.25) is 0 Å². The van der Waals surface area contributed by atoms with Crippen LogP contribution >= 0.6 is 0 Å². The number of aromatic nitrogens is 6. The van der Waals surface area contributed by atoms with Crippen LogP contribution in [0.4, 0.5) is 11.6 Å². The fourth-order valence-electron chi connectivity index (χ4n) is 4.67. The molecular weight excluding hydrogens is 456 g/mol. The second-order valence-electron chi connectivity index (χ2n) is 9.95. The Morgan fingerprint density at radius 1 is 1.19 bits per heavy atom. The highest BCUT2D eigenvalue weighted by Gasteiger charge is 2.44. The van der Waals surface area contributed by atoms with Gasteiger partial charge in [0.1, 0.15) is 0 Å². The molecule has 1 fully saturated rings. The molecule has 0 spiro atoms. The Bertz CT molecular complexity index is 1420. The number of benzene rings is 1. The van der Waals surface area contributed by atoms with Crippen LogP contribution in [0.1, 0.15) is 72.8 Å². The summed E-state index contributed by atoms with van der Waals surface area (Å²) in [6, 6.07) is 8.12. The molecule has 2 aliphatic carbocycles. The van der Waals surface area contributed by atoms with Crippen molar-refractivity contribution in [2.24, 2.45) is 7.05 Å². The zero-order valence-corrected chi connectivity index (χ0v) is 20.4. The van der Waals surface area contributed by atoms with Gasteiger partial charge in [-0.3, -0.25) is 9.48 Å². The van der Waals surface area contributed by atoms with Crippen LogP contribution in [0.15, 0.2) is 47.3 Å². The number of nitrogens with zero attached hydrogens (tertiary/aromatic N) is 6. The molecule has 10 heteroatoms. The van der Waals surface area contributed by atoms with E-state index in [1.807, 2.05) is 19.3 Å². The average Bonchev–Trinajstić information content (AvgIpc) is 3.28. The predicted molar refractivity (Wildman–Crippen MR) is 133 cm³/mol. The largest absolute Gasteiger partial charge is 0.416 e. The third-order valence-corrected chi connectivity index (χ3v) is 7.06. The van der Waals surface area contributed by atoms with E-state index in [0.29, 0.717) is 11.8 Å². The summed E-state index contributed by atoms with van der Waals surface area (Å²) < 4.78 is 7.43. The van der Waals surface area contributed by atoms with E-state index in [1.54, 1.807) is 17.1 Å². The number of rotatable bonds is 6. The zero-order chi connectivity index (χ0) is 24.7. The molecule has 0 aliphatic heterocycles. The second kappa shape index (κ2) is 8.85. The summed E-state index contributed by atoms with van der Waals surface area (Å²) in [6.45, 7) is 2.08. The van der Waals surface area contributed by atoms with Crippen LogP contribution in [-0.2, 0) is 18.9 Å². The highest BCUT2D eigenvalue weighted by molar-refractivity contribution is 5.89. The van der Waals surface area contributed by atoms with Crippen LogP contribution in [0, 0.1) is 0 Å². The van der Waals surface area contributed by atoms with Crippen LogP contribution in [0.25, 0.3) is 11.3 Å². The molecule has 2 N–H and O–H groups in total. The lowest BCUT2D eigenvalue weighted by atomic mass is 9.95. The first-order valence-electron chi connectivity index (χ1n) is 12.3. The summed E-state index contributed by atoms with van der Waals surface area (Å²) in [7, 11) is 1.86. The van der Waals surface area contributed by atoms with Gasteiger partial charge in [-0.2, -0.15) is 5.10 Å². The highest BCUT2D eigenvalue weighted by atomic mass is 16.4. The Morgan fingerprint density at radius 3 is 2.89 bits per heavy atom. The van der Waals surface area contributed by atoms with Crippen LogP contribution in [0.3, 0.4) is 0 Å². The molecule has 3 aromatic heterocycles. The number of anilines is 2. The fraction of sp³-hybridized carbons (Fsp3) is 0.385. The van der Waals surface area contributed by atoms with Crippen LogP contribution in [0.5, 0.6) is 0 Å². The van der Waals surface area contributed by atoms with Gasteiger partial charge in [0.05, 0.1) is 23.6 Å². The molecule has 1 saturated carbocycles. The lowest BCUT2D eigenvalue weighted by Crippen LogP contribution is -2.29. The van der Waals surface area contributed by atoms with Crippen LogP contribution in [-0.4, -0.2) is 35.9 Å². The highest BCUT2D eigenvalue weighted by Crippen LogP contribution is 2.46. The average molecular weight is 485 g/mol. The number of carbonyl (C=O) groups excluding carboxylic acids is 1. The van der Waals surface area contributed by atoms with Gasteiger partial charge in [-0.25, -0.2) is 9.97 Å². The van der Waals surface area contributed by atoms with E-state index in [1.165, 1.54) is 5.56 Å². The standard InChI is InChI=1S/C26H28N8O2/c1-26(10-11-26)24-33-32-23(36-24)22(35)30-21-6-4-3-5-16-13-17(7-8-19(16)21)20-9-12-27-25(31-20)29-18-14-28-34(2)15-18/h7-9,12-15,21H,3-6,10-11H2,1-2H3,(H,30,35)(H,27,29,31)/t21-/m0/s1. The summed E-state index contributed by atoms with van der Waals surface area (Å²) in [5, 5.41) is 18.6. The normalized spacial score (nSPS) is 18.2. The molecule has 0 radical (unpaired) electrons. The molecule has 0 unspecified atom stereocenters. The Balaban J connectivity index is 1.22. The number of nitrogens with one attached hydrogen (secondary N) is 2. The summed E-state index contributed by atoms with van der Waals surface area (Å²) in [4.78, 5) is 22.0. The van der Waals surface area contributed by atoms with Crippen molar-refractivity contribution in [3.05, 3.63) is 65.8 Å². The van der Waals surface area contributed by atoms with Gasteiger partial charge in [0.25, 0.3) is 0 Å². The maximum atomic E-state index is 12.9. The fourth-order valence-corrected chi connectivity index (χ4v) is 4.67. The third-order valence-electron chi connectivity index (χ3n) is 7.06. The molecule has 3 heterocycles. The first kappa shape index (κ1) is 22.4. The minimum absolute atomic E-state index is 0.0372. The number of amides is 1. The molecule has 6 rings (SSSR count). The van der Waals surface area contributed by atoms with E-state index in [2.05, 4.69) is 56.0 Å². The molecular formula is C26H28N8O2. The van der Waals surface area contributed by atoms with Crippen molar-refractivity contribution in [1.82, 2.24) is 35.3 Å². The molecule has 10 nitrogen and oxygen atoms in total. The number of aryl methyl sites for hydroxylation is 2. The van der Waals surface area contributed by atoms with E-state index in [9.17, 15) is 4.79 Å². The lowest BCUT2D eigenvalue weighted by Gasteiger charge is -2.19. The van der Waals surface area contributed by atoms with Crippen LogP contribution < -0.4 is 10.6 Å². The van der Waals surface area contributed by atoms with Gasteiger partial charge >= 0.3 is 11.8 Å². The van der Waals surface area contributed by atoms with Crippen molar-refractivity contribution in [2.45, 2.75) is 56.9 Å². The third kappa shape index (κ3) is 4.46. The van der Waals surface area contributed by atoms with Gasteiger partial charge in [-0.1, -0.05) is 25.5 Å². The molecule has 184 valence electrons. The monoisotopic (exact) mass is 484 g/mol. The van der Waals surface area contributed by atoms with Crippen molar-refractivity contribution in [1.29, 1.82) is 0 Å². The van der Waals surface area contributed by atoms with Crippen molar-refractivity contribution in [3.63, 3.8) is 0 Å².